The van der Waals surface area contributed by atoms with Gasteiger partial charge in [-0.05, 0) is 33.6 Å². The molecule has 1 aliphatic carbocycles. The second kappa shape index (κ2) is 6.23. The smallest absolute Gasteiger partial charge is 0.408 e. The van der Waals surface area contributed by atoms with Crippen molar-refractivity contribution in [2.24, 2.45) is 5.92 Å². The predicted molar refractivity (Wildman–Crippen MR) is 68.8 cm³/mol. The highest BCUT2D eigenvalue weighted by Gasteiger charge is 2.37. The van der Waals surface area contributed by atoms with Gasteiger partial charge >= 0.3 is 12.1 Å². The molecule has 3 N–H and O–H groups in total. The fraction of sp³-hybridized carbons (Fsp3) is 0.846. The van der Waals surface area contributed by atoms with E-state index < -0.39 is 35.7 Å². The SMILES string of the molecule is CC(C)(C)OC(=O)NC(C(=O)O)[C@@H]1CCCCC1O. The minimum absolute atomic E-state index is 0.459. The van der Waals surface area contributed by atoms with Crippen LogP contribution < -0.4 is 5.32 Å². The molecule has 110 valence electrons. The zero-order chi connectivity index (χ0) is 14.6. The molecule has 0 spiro atoms. The fourth-order valence-electron chi connectivity index (χ4n) is 2.32. The second-order valence-corrected chi connectivity index (χ2v) is 5.98. The summed E-state index contributed by atoms with van der Waals surface area (Å²) in [5.74, 6) is -1.60. The first kappa shape index (κ1) is 15.8. The van der Waals surface area contributed by atoms with Crippen LogP contribution in [-0.4, -0.2) is 40.0 Å². The summed E-state index contributed by atoms with van der Waals surface area (Å²) in [5, 5.41) is 21.4. The lowest BCUT2D eigenvalue weighted by Gasteiger charge is -2.32. The summed E-state index contributed by atoms with van der Waals surface area (Å²) < 4.78 is 5.05. The number of carbonyl (C=O) groups excluding carboxylic acids is 1. The molecule has 0 bridgehead atoms. The van der Waals surface area contributed by atoms with Crippen molar-refractivity contribution in [2.45, 2.75) is 64.2 Å². The minimum Gasteiger partial charge on any atom is -0.480 e. The normalized spacial score (nSPS) is 25.5. The Bertz CT molecular complexity index is 336. The van der Waals surface area contributed by atoms with Crippen molar-refractivity contribution in [3.8, 4) is 0 Å². The summed E-state index contributed by atoms with van der Waals surface area (Å²) in [6.07, 6.45) is 1.46. The van der Waals surface area contributed by atoms with Crippen molar-refractivity contribution < 1.29 is 24.5 Å². The fourth-order valence-corrected chi connectivity index (χ4v) is 2.32. The van der Waals surface area contributed by atoms with E-state index in [9.17, 15) is 19.8 Å². The maximum absolute atomic E-state index is 11.6. The van der Waals surface area contributed by atoms with E-state index in [1.165, 1.54) is 0 Å². The standard InChI is InChI=1S/C13H23NO5/c1-13(2,3)19-12(18)14-10(11(16)17)8-6-4-5-7-9(8)15/h8-10,15H,4-7H2,1-3H3,(H,14,18)(H,16,17)/t8-,9?,10?/m1/s1. The van der Waals surface area contributed by atoms with Gasteiger partial charge in [0.1, 0.15) is 11.6 Å². The predicted octanol–water partition coefficient (Wildman–Crippen LogP) is 1.52. The first-order chi connectivity index (χ1) is 8.70. The molecule has 0 aromatic heterocycles. The number of alkyl carbamates (subject to hydrolysis) is 1. The third-order valence-corrected chi connectivity index (χ3v) is 3.15. The van der Waals surface area contributed by atoms with Crippen molar-refractivity contribution in [1.29, 1.82) is 0 Å². The third kappa shape index (κ3) is 5.06. The molecule has 0 heterocycles. The summed E-state index contributed by atoms with van der Waals surface area (Å²) in [4.78, 5) is 22.9. The number of hydrogen-bond donors (Lipinski definition) is 3. The number of carboxylic acids is 1. The average Bonchev–Trinajstić information content (AvgIpc) is 2.24. The van der Waals surface area contributed by atoms with Gasteiger partial charge in [-0.2, -0.15) is 0 Å². The maximum Gasteiger partial charge on any atom is 0.408 e. The lowest BCUT2D eigenvalue weighted by atomic mass is 9.81. The number of carboxylic acid groups (broad SMARTS) is 1. The number of nitrogens with one attached hydrogen (secondary N) is 1. The molecule has 2 unspecified atom stereocenters. The van der Waals surface area contributed by atoms with Gasteiger partial charge in [-0.3, -0.25) is 0 Å². The highest BCUT2D eigenvalue weighted by atomic mass is 16.6. The summed E-state index contributed by atoms with van der Waals surface area (Å²) in [6, 6.07) is -1.11. The van der Waals surface area contributed by atoms with E-state index in [-0.39, 0.29) is 0 Å². The van der Waals surface area contributed by atoms with E-state index in [2.05, 4.69) is 5.32 Å². The van der Waals surface area contributed by atoms with Crippen LogP contribution in [0.25, 0.3) is 0 Å². The Hall–Kier alpha value is -1.30. The van der Waals surface area contributed by atoms with Crippen molar-refractivity contribution in [3.63, 3.8) is 0 Å². The summed E-state index contributed by atoms with van der Waals surface area (Å²) in [6.45, 7) is 5.12. The van der Waals surface area contributed by atoms with E-state index in [4.69, 9.17) is 4.74 Å². The molecule has 0 aromatic carbocycles. The van der Waals surface area contributed by atoms with Crippen LogP contribution in [0.3, 0.4) is 0 Å². The van der Waals surface area contributed by atoms with Gasteiger partial charge in [0.15, 0.2) is 0 Å². The van der Waals surface area contributed by atoms with Crippen molar-refractivity contribution in [1.82, 2.24) is 5.32 Å². The molecular formula is C13H23NO5. The molecule has 19 heavy (non-hydrogen) atoms. The van der Waals surface area contributed by atoms with Crippen LogP contribution in [0.2, 0.25) is 0 Å². The Labute approximate surface area is 113 Å². The molecule has 1 fully saturated rings. The molecule has 3 atom stereocenters. The van der Waals surface area contributed by atoms with Crippen molar-refractivity contribution >= 4 is 12.1 Å². The Morgan fingerprint density at radius 2 is 1.84 bits per heavy atom. The van der Waals surface area contributed by atoms with Crippen LogP contribution in [0.5, 0.6) is 0 Å². The summed E-state index contributed by atoms with van der Waals surface area (Å²) in [7, 11) is 0. The lowest BCUT2D eigenvalue weighted by Crippen LogP contribution is -2.51. The zero-order valence-corrected chi connectivity index (χ0v) is 11.7. The first-order valence-electron chi connectivity index (χ1n) is 6.61. The number of aliphatic hydroxyl groups excluding tert-OH is 1. The van der Waals surface area contributed by atoms with Crippen LogP contribution in [0, 0.1) is 5.92 Å². The molecule has 1 amide bonds. The quantitative estimate of drug-likeness (QED) is 0.724. The molecule has 0 aromatic rings. The van der Waals surface area contributed by atoms with Gasteiger partial charge in [-0.25, -0.2) is 9.59 Å². The average molecular weight is 273 g/mol. The molecule has 1 rings (SSSR count). The van der Waals surface area contributed by atoms with Crippen LogP contribution in [0.1, 0.15) is 46.5 Å². The lowest BCUT2D eigenvalue weighted by molar-refractivity contribution is -0.143. The van der Waals surface area contributed by atoms with E-state index >= 15 is 0 Å². The van der Waals surface area contributed by atoms with Gasteiger partial charge < -0.3 is 20.3 Å². The third-order valence-electron chi connectivity index (χ3n) is 3.15. The maximum atomic E-state index is 11.6. The Balaban J connectivity index is 2.67. The van der Waals surface area contributed by atoms with Gasteiger partial charge in [0, 0.05) is 5.92 Å². The van der Waals surface area contributed by atoms with Crippen LogP contribution in [0.15, 0.2) is 0 Å². The molecule has 0 saturated heterocycles. The monoisotopic (exact) mass is 273 g/mol. The number of carbonyl (C=O) groups is 2. The van der Waals surface area contributed by atoms with Crippen molar-refractivity contribution in [3.05, 3.63) is 0 Å². The molecule has 0 aliphatic heterocycles. The highest BCUT2D eigenvalue weighted by Crippen LogP contribution is 2.27. The number of rotatable bonds is 3. The van der Waals surface area contributed by atoms with E-state index in [0.717, 1.165) is 12.8 Å². The number of hydrogen-bond acceptors (Lipinski definition) is 4. The Morgan fingerprint density at radius 1 is 1.26 bits per heavy atom. The Morgan fingerprint density at radius 3 is 2.32 bits per heavy atom. The topological polar surface area (TPSA) is 95.9 Å². The van der Waals surface area contributed by atoms with Crippen molar-refractivity contribution in [2.75, 3.05) is 0 Å². The van der Waals surface area contributed by atoms with Gasteiger partial charge in [0.25, 0.3) is 0 Å². The molecule has 6 nitrogen and oxygen atoms in total. The van der Waals surface area contributed by atoms with Gasteiger partial charge in [0.2, 0.25) is 0 Å². The number of aliphatic hydroxyl groups is 1. The number of amides is 1. The van der Waals surface area contributed by atoms with Crippen LogP contribution >= 0.6 is 0 Å². The van der Waals surface area contributed by atoms with E-state index in [0.29, 0.717) is 12.8 Å². The summed E-state index contributed by atoms with van der Waals surface area (Å²) >= 11 is 0. The zero-order valence-electron chi connectivity index (χ0n) is 11.7. The summed E-state index contributed by atoms with van der Waals surface area (Å²) in [5.41, 5.74) is -0.682. The van der Waals surface area contributed by atoms with Crippen LogP contribution in [-0.2, 0) is 9.53 Å². The van der Waals surface area contributed by atoms with Crippen LogP contribution in [0.4, 0.5) is 4.79 Å². The first-order valence-corrected chi connectivity index (χ1v) is 6.61. The number of aliphatic carboxylic acids is 1. The molecule has 6 heteroatoms. The number of ether oxygens (including phenoxy) is 1. The Kier molecular flexibility index (Phi) is 5.17. The largest absolute Gasteiger partial charge is 0.480 e. The molecule has 0 radical (unpaired) electrons. The second-order valence-electron chi connectivity index (χ2n) is 5.98. The molecule has 1 saturated carbocycles. The van der Waals surface area contributed by atoms with E-state index in [1.807, 2.05) is 0 Å². The minimum atomic E-state index is -1.14. The van der Waals surface area contributed by atoms with Gasteiger partial charge in [-0.15, -0.1) is 0 Å². The molecular weight excluding hydrogens is 250 g/mol. The highest BCUT2D eigenvalue weighted by molar-refractivity contribution is 5.80. The van der Waals surface area contributed by atoms with Gasteiger partial charge in [0.05, 0.1) is 6.10 Å². The van der Waals surface area contributed by atoms with Gasteiger partial charge in [-0.1, -0.05) is 12.8 Å². The van der Waals surface area contributed by atoms with E-state index in [1.54, 1.807) is 20.8 Å². The molecule has 1 aliphatic rings.